The smallest absolute Gasteiger partial charge is 0.0950 e. The second-order valence-corrected chi connectivity index (χ2v) is 3.92. The first kappa shape index (κ1) is 11.5. The zero-order chi connectivity index (χ0) is 10.2. The Bertz CT molecular complexity index is 184. The monoisotopic (exact) mass is 196 g/mol. The van der Waals surface area contributed by atoms with Crippen molar-refractivity contribution in [2.75, 3.05) is 19.8 Å². The van der Waals surface area contributed by atoms with Gasteiger partial charge in [0.1, 0.15) is 0 Å². The Balaban J connectivity index is 1.80. The zero-order valence-corrected chi connectivity index (χ0v) is 8.96. The topological polar surface area (TPSA) is 45.0 Å². The third-order valence-electron chi connectivity index (χ3n) is 2.47. The highest BCUT2D eigenvalue weighted by molar-refractivity contribution is 4.87. The summed E-state index contributed by atoms with van der Waals surface area (Å²) in [5, 5.41) is 11.8. The van der Waals surface area contributed by atoms with E-state index in [9.17, 15) is 0 Å². The fourth-order valence-corrected chi connectivity index (χ4v) is 1.27. The summed E-state index contributed by atoms with van der Waals surface area (Å²) < 4.78 is 5.48. The average Bonchev–Trinajstić information content (AvgIpc) is 3.01. The molecule has 1 aliphatic rings. The molecule has 1 aliphatic carbocycles. The van der Waals surface area contributed by atoms with Gasteiger partial charge in [-0.15, -0.1) is 0 Å². The van der Waals surface area contributed by atoms with Crippen LogP contribution in [0.1, 0.15) is 32.6 Å². The lowest BCUT2D eigenvalue weighted by Crippen LogP contribution is -2.28. The fourth-order valence-electron chi connectivity index (χ4n) is 1.27. The molecule has 0 aromatic carbocycles. The van der Waals surface area contributed by atoms with Crippen LogP contribution in [-0.2, 0) is 4.74 Å². The summed E-state index contributed by atoms with van der Waals surface area (Å²) >= 11 is 0. The molecular formula is C11H20N2O. The molecular weight excluding hydrogens is 176 g/mol. The van der Waals surface area contributed by atoms with E-state index < -0.39 is 0 Å². The van der Waals surface area contributed by atoms with E-state index in [4.69, 9.17) is 10.00 Å². The highest BCUT2D eigenvalue weighted by Gasteiger charge is 2.20. The molecule has 1 fully saturated rings. The van der Waals surface area contributed by atoms with Gasteiger partial charge in [-0.25, -0.2) is 0 Å². The number of nitrogens with zero attached hydrogens (tertiary/aromatic N) is 1. The minimum absolute atomic E-state index is 0.0124. The average molecular weight is 196 g/mol. The molecule has 3 heteroatoms. The number of hydrogen-bond donors (Lipinski definition) is 1. The van der Waals surface area contributed by atoms with Crippen molar-refractivity contribution in [3.05, 3.63) is 0 Å². The van der Waals surface area contributed by atoms with Gasteiger partial charge >= 0.3 is 0 Å². The molecule has 0 bridgehead atoms. The Kier molecular flexibility index (Phi) is 5.58. The van der Waals surface area contributed by atoms with Crippen molar-refractivity contribution in [2.24, 2.45) is 5.92 Å². The Hall–Kier alpha value is -0.590. The minimum Gasteiger partial charge on any atom is -0.381 e. The van der Waals surface area contributed by atoms with Crippen molar-refractivity contribution in [3.8, 4) is 6.07 Å². The number of rotatable bonds is 8. The van der Waals surface area contributed by atoms with Gasteiger partial charge in [-0.1, -0.05) is 6.92 Å². The van der Waals surface area contributed by atoms with Gasteiger partial charge in [0.05, 0.1) is 12.1 Å². The molecule has 0 aliphatic heterocycles. The molecule has 1 N–H and O–H groups in total. The standard InChI is InChI=1S/C11H20N2O/c1-2-11(8-12)13-6-3-7-14-9-10-4-5-10/h10-11,13H,2-7,9H2,1H3. The van der Waals surface area contributed by atoms with E-state index in [2.05, 4.69) is 11.4 Å². The zero-order valence-electron chi connectivity index (χ0n) is 8.96. The molecule has 80 valence electrons. The molecule has 0 heterocycles. The van der Waals surface area contributed by atoms with Crippen LogP contribution in [0.15, 0.2) is 0 Å². The van der Waals surface area contributed by atoms with Gasteiger partial charge in [0.15, 0.2) is 0 Å². The Morgan fingerprint density at radius 1 is 1.57 bits per heavy atom. The predicted octanol–water partition coefficient (Wildman–Crippen LogP) is 1.69. The fraction of sp³-hybridized carbons (Fsp3) is 0.909. The molecule has 0 aromatic heterocycles. The first-order valence-corrected chi connectivity index (χ1v) is 5.57. The van der Waals surface area contributed by atoms with Crippen LogP contribution in [0.25, 0.3) is 0 Å². The van der Waals surface area contributed by atoms with Crippen molar-refractivity contribution >= 4 is 0 Å². The van der Waals surface area contributed by atoms with Crippen LogP contribution in [0.4, 0.5) is 0 Å². The van der Waals surface area contributed by atoms with Gasteiger partial charge in [0.2, 0.25) is 0 Å². The van der Waals surface area contributed by atoms with E-state index in [1.54, 1.807) is 0 Å². The Labute approximate surface area is 86.4 Å². The lowest BCUT2D eigenvalue weighted by atomic mass is 10.2. The third-order valence-corrected chi connectivity index (χ3v) is 2.47. The third kappa shape index (κ3) is 5.21. The lowest BCUT2D eigenvalue weighted by molar-refractivity contribution is 0.122. The van der Waals surface area contributed by atoms with Crippen molar-refractivity contribution in [1.82, 2.24) is 5.32 Å². The van der Waals surface area contributed by atoms with E-state index in [1.165, 1.54) is 12.8 Å². The summed E-state index contributed by atoms with van der Waals surface area (Å²) in [6, 6.07) is 2.23. The van der Waals surface area contributed by atoms with Crippen LogP contribution in [0.2, 0.25) is 0 Å². The molecule has 0 saturated heterocycles. The summed E-state index contributed by atoms with van der Waals surface area (Å²) in [7, 11) is 0. The van der Waals surface area contributed by atoms with E-state index in [1.807, 2.05) is 6.92 Å². The summed E-state index contributed by atoms with van der Waals surface area (Å²) in [5.41, 5.74) is 0. The van der Waals surface area contributed by atoms with Crippen LogP contribution in [0, 0.1) is 17.2 Å². The van der Waals surface area contributed by atoms with Crippen LogP contribution >= 0.6 is 0 Å². The number of nitriles is 1. The van der Waals surface area contributed by atoms with E-state index >= 15 is 0 Å². The first-order valence-electron chi connectivity index (χ1n) is 5.57. The van der Waals surface area contributed by atoms with Crippen molar-refractivity contribution in [3.63, 3.8) is 0 Å². The first-order chi connectivity index (χ1) is 6.86. The summed E-state index contributed by atoms with van der Waals surface area (Å²) in [6.07, 6.45) is 4.58. The second kappa shape index (κ2) is 6.80. The molecule has 1 atom stereocenters. The lowest BCUT2D eigenvalue weighted by Gasteiger charge is -2.08. The Morgan fingerprint density at radius 3 is 2.93 bits per heavy atom. The summed E-state index contributed by atoms with van der Waals surface area (Å²) in [4.78, 5) is 0. The van der Waals surface area contributed by atoms with Crippen LogP contribution in [0.3, 0.4) is 0 Å². The van der Waals surface area contributed by atoms with E-state index in [0.717, 1.165) is 38.5 Å². The van der Waals surface area contributed by atoms with Gasteiger partial charge in [-0.2, -0.15) is 5.26 Å². The maximum Gasteiger partial charge on any atom is 0.0950 e. The van der Waals surface area contributed by atoms with Gasteiger partial charge in [0, 0.05) is 13.2 Å². The highest BCUT2D eigenvalue weighted by Crippen LogP contribution is 2.28. The predicted molar refractivity (Wildman–Crippen MR) is 55.9 cm³/mol. The molecule has 1 rings (SSSR count). The number of nitrogens with one attached hydrogen (secondary N) is 1. The molecule has 0 amide bonds. The highest BCUT2D eigenvalue weighted by atomic mass is 16.5. The minimum atomic E-state index is 0.0124. The van der Waals surface area contributed by atoms with Gasteiger partial charge in [0.25, 0.3) is 0 Å². The maximum atomic E-state index is 8.67. The second-order valence-electron chi connectivity index (χ2n) is 3.92. The number of hydrogen-bond acceptors (Lipinski definition) is 3. The van der Waals surface area contributed by atoms with Crippen LogP contribution in [-0.4, -0.2) is 25.8 Å². The molecule has 0 aromatic rings. The molecule has 3 nitrogen and oxygen atoms in total. The quantitative estimate of drug-likeness (QED) is 0.601. The van der Waals surface area contributed by atoms with E-state index in [-0.39, 0.29) is 6.04 Å². The van der Waals surface area contributed by atoms with Crippen molar-refractivity contribution < 1.29 is 4.74 Å². The van der Waals surface area contributed by atoms with Crippen LogP contribution in [0.5, 0.6) is 0 Å². The molecule has 1 unspecified atom stereocenters. The Morgan fingerprint density at radius 2 is 2.36 bits per heavy atom. The summed E-state index contributed by atoms with van der Waals surface area (Å²) in [5.74, 6) is 0.852. The molecule has 0 radical (unpaired) electrons. The molecule has 1 saturated carbocycles. The largest absolute Gasteiger partial charge is 0.381 e. The number of ether oxygens (including phenoxy) is 1. The maximum absolute atomic E-state index is 8.67. The van der Waals surface area contributed by atoms with Crippen molar-refractivity contribution in [1.29, 1.82) is 5.26 Å². The molecule has 0 spiro atoms. The summed E-state index contributed by atoms with van der Waals surface area (Å²) in [6.45, 7) is 4.67. The normalized spacial score (nSPS) is 17.7. The van der Waals surface area contributed by atoms with E-state index in [0.29, 0.717) is 0 Å². The van der Waals surface area contributed by atoms with Gasteiger partial charge in [-0.3, -0.25) is 0 Å². The SMILES string of the molecule is CCC(C#N)NCCCOCC1CC1. The van der Waals surface area contributed by atoms with Gasteiger partial charge < -0.3 is 10.1 Å². The van der Waals surface area contributed by atoms with Crippen molar-refractivity contribution in [2.45, 2.75) is 38.6 Å². The van der Waals surface area contributed by atoms with Crippen LogP contribution < -0.4 is 5.32 Å². The molecule has 14 heavy (non-hydrogen) atoms. The van der Waals surface area contributed by atoms with Gasteiger partial charge in [-0.05, 0) is 38.1 Å².